The molecule has 0 radical (unpaired) electrons. The van der Waals surface area contributed by atoms with Gasteiger partial charge in [-0.2, -0.15) is 0 Å². The first-order valence-electron chi connectivity index (χ1n) is 21.3. The maximum atomic E-state index is 13.8. The third-order valence-corrected chi connectivity index (χ3v) is 12.3. The molecule has 2 fully saturated rings. The van der Waals surface area contributed by atoms with Gasteiger partial charge >= 0.3 is 0 Å². The van der Waals surface area contributed by atoms with Crippen LogP contribution in [0.5, 0.6) is 0 Å². The Kier molecular flexibility index (Phi) is 12.8. The van der Waals surface area contributed by atoms with Gasteiger partial charge < -0.3 is 30.2 Å². The normalized spacial score (nSPS) is 19.3. The van der Waals surface area contributed by atoms with Crippen LogP contribution in [0.3, 0.4) is 0 Å². The van der Waals surface area contributed by atoms with Crippen molar-refractivity contribution in [2.45, 2.75) is 25.7 Å². The van der Waals surface area contributed by atoms with Crippen molar-refractivity contribution in [1.82, 2.24) is 40.0 Å². The first-order valence-corrected chi connectivity index (χ1v) is 21.3. The Bertz CT molecular complexity index is 2050. The number of nitrogens with zero attached hydrogens (tertiary/aromatic N) is 6. The van der Waals surface area contributed by atoms with Gasteiger partial charge in [-0.05, 0) is 100 Å². The van der Waals surface area contributed by atoms with Crippen molar-refractivity contribution in [3.63, 3.8) is 0 Å². The predicted molar refractivity (Wildman–Crippen MR) is 226 cm³/mol. The third kappa shape index (κ3) is 8.90. The van der Waals surface area contributed by atoms with Crippen molar-refractivity contribution in [3.8, 4) is 0 Å². The SMILES string of the molecule is O=C(NCCCN1CCN(CCCN2C(=O)c3ccc4c5c(ccc(c35)C2=O)C(=O)N(CCCN2CCN(CCCNC(=O)C3=C=CC=C3)CC2)C4=O)CC1)C1=C=CC=C1. The van der Waals surface area contributed by atoms with Gasteiger partial charge in [-0.1, -0.05) is 12.2 Å². The molecule has 2 aliphatic carbocycles. The fourth-order valence-corrected chi connectivity index (χ4v) is 8.90. The average Bonchev–Trinajstić information content (AvgIpc) is 4.02. The molecule has 312 valence electrons. The minimum atomic E-state index is -0.397. The molecule has 0 bridgehead atoms. The Labute approximate surface area is 350 Å². The highest BCUT2D eigenvalue weighted by Crippen LogP contribution is 2.38. The first-order chi connectivity index (χ1) is 29.3. The number of carbonyl (C=O) groups excluding carboxylic acids is 6. The van der Waals surface area contributed by atoms with E-state index in [2.05, 4.69) is 41.7 Å². The van der Waals surface area contributed by atoms with E-state index in [0.717, 1.165) is 91.4 Å². The maximum Gasteiger partial charge on any atom is 0.261 e. The second-order valence-electron chi connectivity index (χ2n) is 16.1. The molecule has 14 nitrogen and oxygen atoms in total. The fraction of sp³-hybridized carbons (Fsp3) is 0.435. The molecule has 0 saturated carbocycles. The van der Waals surface area contributed by atoms with Gasteiger partial charge in [0.05, 0.1) is 11.1 Å². The monoisotopic (exact) mass is 812 g/mol. The van der Waals surface area contributed by atoms with Crippen molar-refractivity contribution >= 4 is 46.2 Å². The van der Waals surface area contributed by atoms with E-state index >= 15 is 0 Å². The summed E-state index contributed by atoms with van der Waals surface area (Å²) in [6.07, 6.45) is 13.6. The molecule has 2 aromatic rings. The summed E-state index contributed by atoms with van der Waals surface area (Å²) in [4.78, 5) is 91.6. The zero-order chi connectivity index (χ0) is 41.6. The molecular weight excluding hydrogens is 761 g/mol. The molecule has 2 saturated heterocycles. The van der Waals surface area contributed by atoms with E-state index in [9.17, 15) is 28.8 Å². The summed E-state index contributed by atoms with van der Waals surface area (Å²) in [5.74, 6) is -1.78. The number of rotatable bonds is 18. The highest BCUT2D eigenvalue weighted by molar-refractivity contribution is 6.33. The van der Waals surface area contributed by atoms with Crippen LogP contribution in [-0.4, -0.2) is 170 Å². The molecular formula is C46H52N8O6. The molecule has 6 aliphatic rings. The molecule has 0 aromatic heterocycles. The predicted octanol–water partition coefficient (Wildman–Crippen LogP) is 2.36. The van der Waals surface area contributed by atoms with Gasteiger partial charge in [0.2, 0.25) is 0 Å². The topological polar surface area (TPSA) is 146 Å². The number of amides is 6. The Hall–Kier alpha value is -5.72. The van der Waals surface area contributed by atoms with Gasteiger partial charge in [0, 0.05) is 112 Å². The maximum absolute atomic E-state index is 13.8. The van der Waals surface area contributed by atoms with Crippen molar-refractivity contribution in [2.75, 3.05) is 105 Å². The molecule has 14 heteroatoms. The lowest BCUT2D eigenvalue weighted by atomic mass is 9.86. The van der Waals surface area contributed by atoms with Crippen molar-refractivity contribution in [1.29, 1.82) is 0 Å². The van der Waals surface area contributed by atoms with E-state index in [1.54, 1.807) is 60.7 Å². The molecule has 0 spiro atoms. The number of carbonyl (C=O) groups is 6. The summed E-state index contributed by atoms with van der Waals surface area (Å²) in [6, 6.07) is 6.55. The van der Waals surface area contributed by atoms with Crippen LogP contribution in [0.2, 0.25) is 0 Å². The van der Waals surface area contributed by atoms with E-state index in [-0.39, 0.29) is 24.9 Å². The Balaban J connectivity index is 0.773. The minimum Gasteiger partial charge on any atom is -0.351 e. The van der Waals surface area contributed by atoms with Crippen molar-refractivity contribution in [2.24, 2.45) is 0 Å². The van der Waals surface area contributed by atoms with Crippen LogP contribution < -0.4 is 10.6 Å². The van der Waals surface area contributed by atoms with E-state index < -0.39 is 23.6 Å². The summed E-state index contributed by atoms with van der Waals surface area (Å²) in [5, 5.41) is 6.70. The second-order valence-corrected chi connectivity index (χ2v) is 16.1. The lowest BCUT2D eigenvalue weighted by molar-refractivity contribution is -0.118. The number of nitrogens with one attached hydrogen (secondary N) is 2. The van der Waals surface area contributed by atoms with Gasteiger partial charge in [0.1, 0.15) is 0 Å². The molecule has 2 N–H and O–H groups in total. The molecule has 0 unspecified atom stereocenters. The molecule has 0 atom stereocenters. The standard InChI is InChI=1S/C46H52N8O6/c55-41(33-9-1-2-10-33)47-17-5-19-49-25-29-51(30-26-49)21-7-23-53-43(57)35-13-15-37-40-38(16-14-36(39(35)40)44(53)58)46(60)54(45(37)59)24-8-22-52-31-27-50(28-32-52)20-6-18-48-42(56)34-11-3-4-12-34/h1-4,9,11,13-16H,5-8,17-32H2,(H,47,55)(H,48,56). The lowest BCUT2D eigenvalue weighted by Gasteiger charge is -2.36. The van der Waals surface area contributed by atoms with Crippen LogP contribution in [0.25, 0.3) is 10.8 Å². The van der Waals surface area contributed by atoms with Crippen molar-refractivity contribution < 1.29 is 28.8 Å². The summed E-state index contributed by atoms with van der Waals surface area (Å²) in [7, 11) is 0. The van der Waals surface area contributed by atoms with E-state index in [1.165, 1.54) is 9.80 Å². The second kappa shape index (κ2) is 18.7. The Morgan fingerprint density at radius 1 is 0.467 bits per heavy atom. The average molecular weight is 813 g/mol. The van der Waals surface area contributed by atoms with Crippen LogP contribution in [0.1, 0.15) is 67.1 Å². The van der Waals surface area contributed by atoms with Crippen molar-refractivity contribution in [3.05, 3.63) is 106 Å². The smallest absolute Gasteiger partial charge is 0.261 e. The number of hydrogen-bond donors (Lipinski definition) is 2. The molecule has 4 heterocycles. The lowest BCUT2D eigenvalue weighted by Crippen LogP contribution is -2.48. The minimum absolute atomic E-state index is 0.0953. The van der Waals surface area contributed by atoms with Gasteiger partial charge in [0.15, 0.2) is 0 Å². The van der Waals surface area contributed by atoms with Crippen LogP contribution >= 0.6 is 0 Å². The van der Waals surface area contributed by atoms with Gasteiger partial charge in [-0.3, -0.25) is 38.6 Å². The largest absolute Gasteiger partial charge is 0.351 e. The molecule has 8 rings (SSSR count). The third-order valence-electron chi connectivity index (χ3n) is 12.3. The quantitative estimate of drug-likeness (QED) is 0.131. The van der Waals surface area contributed by atoms with Gasteiger partial charge in [0.25, 0.3) is 35.4 Å². The van der Waals surface area contributed by atoms with Crippen LogP contribution in [0, 0.1) is 0 Å². The number of allylic oxidation sites excluding steroid dienone is 2. The Morgan fingerprint density at radius 2 is 0.783 bits per heavy atom. The number of hydrogen-bond acceptors (Lipinski definition) is 10. The number of imide groups is 2. The first kappa shape index (κ1) is 41.0. The summed E-state index contributed by atoms with van der Waals surface area (Å²) in [5.41, 5.74) is 8.34. The molecule has 60 heavy (non-hydrogen) atoms. The Morgan fingerprint density at radius 3 is 1.08 bits per heavy atom. The number of piperazine rings is 2. The fourth-order valence-electron chi connectivity index (χ4n) is 8.90. The molecule has 6 amide bonds. The van der Waals surface area contributed by atoms with Crippen LogP contribution in [-0.2, 0) is 9.59 Å². The van der Waals surface area contributed by atoms with E-state index in [1.807, 2.05) is 0 Å². The molecule has 4 aliphatic heterocycles. The summed E-state index contributed by atoms with van der Waals surface area (Å²) < 4.78 is 0. The van der Waals surface area contributed by atoms with Gasteiger partial charge in [-0.15, -0.1) is 11.5 Å². The zero-order valence-corrected chi connectivity index (χ0v) is 34.0. The summed E-state index contributed by atoms with van der Waals surface area (Å²) in [6.45, 7) is 12.3. The number of benzene rings is 2. The van der Waals surface area contributed by atoms with Crippen LogP contribution in [0.4, 0.5) is 0 Å². The van der Waals surface area contributed by atoms with E-state index in [0.29, 0.717) is 70.1 Å². The highest BCUT2D eigenvalue weighted by Gasteiger charge is 2.39. The summed E-state index contributed by atoms with van der Waals surface area (Å²) >= 11 is 0. The van der Waals surface area contributed by atoms with E-state index in [4.69, 9.17) is 0 Å². The molecule has 2 aromatic carbocycles. The van der Waals surface area contributed by atoms with Gasteiger partial charge in [-0.25, -0.2) is 0 Å². The zero-order valence-electron chi connectivity index (χ0n) is 34.0. The van der Waals surface area contributed by atoms with Crippen LogP contribution in [0.15, 0.2) is 83.3 Å². The highest BCUT2D eigenvalue weighted by atomic mass is 16.2.